The molecule has 0 aliphatic rings. The summed E-state index contributed by atoms with van der Waals surface area (Å²) in [5, 5.41) is 6.24. The first kappa shape index (κ1) is 16.2. The normalized spacial score (nSPS) is 10.9. The molecule has 3 rings (SSSR count). The Morgan fingerprint density at radius 3 is 2.96 bits per heavy atom. The van der Waals surface area contributed by atoms with Crippen molar-refractivity contribution < 1.29 is 4.79 Å². The number of benzene rings is 1. The summed E-state index contributed by atoms with van der Waals surface area (Å²) in [6, 6.07) is 5.78. The van der Waals surface area contributed by atoms with Crippen molar-refractivity contribution >= 4 is 56.5 Å². The number of nitrogens with one attached hydrogen (secondary N) is 1. The number of carbonyl (C=O) groups is 1. The number of anilines is 1. The van der Waals surface area contributed by atoms with Crippen LogP contribution in [0.2, 0.25) is 5.02 Å². The van der Waals surface area contributed by atoms with E-state index >= 15 is 0 Å². The monoisotopic (exact) mass is 363 g/mol. The van der Waals surface area contributed by atoms with Crippen LogP contribution in [0.3, 0.4) is 0 Å². The van der Waals surface area contributed by atoms with Crippen molar-refractivity contribution in [3.8, 4) is 0 Å². The number of hydrogen-bond donors (Lipinski definition) is 1. The van der Waals surface area contributed by atoms with Crippen LogP contribution in [0.4, 0.5) is 5.69 Å². The van der Waals surface area contributed by atoms with Gasteiger partial charge in [0.05, 0.1) is 26.7 Å². The van der Waals surface area contributed by atoms with E-state index in [0.29, 0.717) is 10.7 Å². The summed E-state index contributed by atoms with van der Waals surface area (Å²) in [4.78, 5) is 20.7. The van der Waals surface area contributed by atoms with E-state index in [2.05, 4.69) is 15.3 Å². The molecule has 1 N–H and O–H groups in total. The van der Waals surface area contributed by atoms with Gasteiger partial charge >= 0.3 is 0 Å². The maximum Gasteiger partial charge on any atom is 0.234 e. The van der Waals surface area contributed by atoms with E-state index in [9.17, 15) is 4.79 Å². The van der Waals surface area contributed by atoms with Gasteiger partial charge in [0.1, 0.15) is 11.4 Å². The molecule has 0 radical (unpaired) electrons. The summed E-state index contributed by atoms with van der Waals surface area (Å²) in [6.45, 7) is 3.91. The number of thiophene rings is 1. The summed E-state index contributed by atoms with van der Waals surface area (Å²) in [6.07, 6.45) is 1.52. The van der Waals surface area contributed by atoms with Gasteiger partial charge in [0.2, 0.25) is 5.91 Å². The molecule has 0 fully saturated rings. The van der Waals surface area contributed by atoms with Crippen LogP contribution in [-0.4, -0.2) is 21.6 Å². The highest BCUT2D eigenvalue weighted by atomic mass is 35.5. The standard InChI is InChI=1S/C16H14ClN3OS2/c1-9-5-10(2)14(11(17)6-9)20-13(21)7-23-16-15-12(3-4-22-15)18-8-19-16/h3-6,8H,7H2,1-2H3,(H,20,21). The molecule has 1 aromatic carbocycles. The number of nitrogens with zero attached hydrogens (tertiary/aromatic N) is 2. The smallest absolute Gasteiger partial charge is 0.234 e. The molecule has 0 atom stereocenters. The third kappa shape index (κ3) is 3.65. The van der Waals surface area contributed by atoms with E-state index in [4.69, 9.17) is 11.6 Å². The zero-order valence-electron chi connectivity index (χ0n) is 12.6. The molecule has 7 heteroatoms. The lowest BCUT2D eigenvalue weighted by Gasteiger charge is -2.11. The van der Waals surface area contributed by atoms with Crippen molar-refractivity contribution in [1.29, 1.82) is 0 Å². The summed E-state index contributed by atoms with van der Waals surface area (Å²) in [5.41, 5.74) is 3.61. The van der Waals surface area contributed by atoms with Crippen molar-refractivity contribution in [2.24, 2.45) is 0 Å². The van der Waals surface area contributed by atoms with Gasteiger partial charge in [-0.15, -0.1) is 11.3 Å². The third-order valence-electron chi connectivity index (χ3n) is 3.25. The molecule has 0 saturated heterocycles. The summed E-state index contributed by atoms with van der Waals surface area (Å²) < 4.78 is 1.01. The van der Waals surface area contributed by atoms with E-state index in [1.165, 1.54) is 18.1 Å². The fourth-order valence-corrected chi connectivity index (χ4v) is 4.37. The second-order valence-electron chi connectivity index (χ2n) is 5.09. The van der Waals surface area contributed by atoms with E-state index in [1.54, 1.807) is 11.3 Å². The fourth-order valence-electron chi connectivity index (χ4n) is 2.25. The van der Waals surface area contributed by atoms with Crippen LogP contribution in [0.1, 0.15) is 11.1 Å². The van der Waals surface area contributed by atoms with E-state index in [-0.39, 0.29) is 11.7 Å². The molecule has 2 aromatic heterocycles. The molecule has 0 aliphatic carbocycles. The SMILES string of the molecule is Cc1cc(C)c(NC(=O)CSc2ncnc3ccsc23)c(Cl)c1. The van der Waals surface area contributed by atoms with Crippen LogP contribution in [0.5, 0.6) is 0 Å². The molecule has 0 bridgehead atoms. The number of amides is 1. The van der Waals surface area contributed by atoms with Crippen LogP contribution in [-0.2, 0) is 4.79 Å². The van der Waals surface area contributed by atoms with Crippen LogP contribution in [0.15, 0.2) is 34.9 Å². The van der Waals surface area contributed by atoms with Crippen molar-refractivity contribution in [2.75, 3.05) is 11.1 Å². The lowest BCUT2D eigenvalue weighted by atomic mass is 10.1. The summed E-state index contributed by atoms with van der Waals surface area (Å²) in [5.74, 6) is 0.167. The Morgan fingerprint density at radius 1 is 1.35 bits per heavy atom. The minimum absolute atomic E-state index is 0.104. The first-order valence-electron chi connectivity index (χ1n) is 6.92. The molecule has 0 spiro atoms. The third-order valence-corrected chi connectivity index (χ3v) is 5.57. The lowest BCUT2D eigenvalue weighted by molar-refractivity contribution is -0.113. The molecule has 0 saturated carbocycles. The molecule has 4 nitrogen and oxygen atoms in total. The Kier molecular flexibility index (Phi) is 4.84. The molecular weight excluding hydrogens is 350 g/mol. The molecule has 0 aliphatic heterocycles. The highest BCUT2D eigenvalue weighted by Crippen LogP contribution is 2.30. The largest absolute Gasteiger partial charge is 0.324 e. The van der Waals surface area contributed by atoms with Gasteiger partial charge in [-0.3, -0.25) is 4.79 Å². The molecule has 23 heavy (non-hydrogen) atoms. The van der Waals surface area contributed by atoms with Crippen LogP contribution in [0.25, 0.3) is 10.2 Å². The molecule has 3 aromatic rings. The highest BCUT2D eigenvalue weighted by molar-refractivity contribution is 8.00. The number of rotatable bonds is 4. The predicted octanol–water partition coefficient (Wildman–Crippen LogP) is 4.69. The van der Waals surface area contributed by atoms with Crippen LogP contribution >= 0.6 is 34.7 Å². The highest BCUT2D eigenvalue weighted by Gasteiger charge is 2.12. The Balaban J connectivity index is 1.70. The Bertz CT molecular complexity index is 856. The zero-order valence-corrected chi connectivity index (χ0v) is 15.0. The van der Waals surface area contributed by atoms with Gasteiger partial charge in [0.15, 0.2) is 0 Å². The second kappa shape index (κ2) is 6.86. The topological polar surface area (TPSA) is 54.9 Å². The van der Waals surface area contributed by atoms with Gasteiger partial charge in [-0.25, -0.2) is 9.97 Å². The Hall–Kier alpha value is -1.63. The maximum absolute atomic E-state index is 12.2. The molecular formula is C16H14ClN3OS2. The van der Waals surface area contributed by atoms with Gasteiger partial charge in [-0.1, -0.05) is 29.4 Å². The fraction of sp³-hybridized carbons (Fsp3) is 0.188. The number of carbonyl (C=O) groups excluding carboxylic acids is 1. The maximum atomic E-state index is 12.2. The number of fused-ring (bicyclic) bond motifs is 1. The molecule has 0 unspecified atom stereocenters. The van der Waals surface area contributed by atoms with Crippen molar-refractivity contribution in [3.05, 3.63) is 46.1 Å². The quantitative estimate of drug-likeness (QED) is 0.539. The Morgan fingerprint density at radius 2 is 2.17 bits per heavy atom. The van der Waals surface area contributed by atoms with Crippen molar-refractivity contribution in [2.45, 2.75) is 18.9 Å². The minimum atomic E-state index is -0.104. The summed E-state index contributed by atoms with van der Waals surface area (Å²) in [7, 11) is 0. The number of aryl methyl sites for hydroxylation is 2. The van der Waals surface area contributed by atoms with E-state index in [1.807, 2.05) is 37.4 Å². The first-order valence-corrected chi connectivity index (χ1v) is 9.16. The summed E-state index contributed by atoms with van der Waals surface area (Å²) >= 11 is 9.20. The van der Waals surface area contributed by atoms with Gasteiger partial charge in [-0.05, 0) is 42.5 Å². The van der Waals surface area contributed by atoms with E-state index < -0.39 is 0 Å². The average molecular weight is 364 g/mol. The van der Waals surface area contributed by atoms with Crippen molar-refractivity contribution in [3.63, 3.8) is 0 Å². The van der Waals surface area contributed by atoms with Crippen molar-refractivity contribution in [1.82, 2.24) is 9.97 Å². The Labute approximate surface area is 147 Å². The van der Waals surface area contributed by atoms with Gasteiger partial charge in [0.25, 0.3) is 0 Å². The number of halogens is 1. The minimum Gasteiger partial charge on any atom is -0.324 e. The van der Waals surface area contributed by atoms with E-state index in [0.717, 1.165) is 26.4 Å². The van der Waals surface area contributed by atoms with Gasteiger partial charge < -0.3 is 5.32 Å². The zero-order chi connectivity index (χ0) is 16.4. The number of hydrogen-bond acceptors (Lipinski definition) is 5. The number of aromatic nitrogens is 2. The van der Waals surface area contributed by atoms with Gasteiger partial charge in [0, 0.05) is 0 Å². The second-order valence-corrected chi connectivity index (χ2v) is 7.38. The first-order chi connectivity index (χ1) is 11.0. The van der Waals surface area contributed by atoms with Crippen LogP contribution < -0.4 is 5.32 Å². The molecule has 2 heterocycles. The van der Waals surface area contributed by atoms with Crippen LogP contribution in [0, 0.1) is 13.8 Å². The lowest BCUT2D eigenvalue weighted by Crippen LogP contribution is -2.15. The predicted molar refractivity (Wildman–Crippen MR) is 97.7 cm³/mol. The molecule has 1 amide bonds. The number of thioether (sulfide) groups is 1. The molecule has 118 valence electrons. The average Bonchev–Trinajstić information content (AvgIpc) is 2.97. The van der Waals surface area contributed by atoms with Gasteiger partial charge in [-0.2, -0.15) is 0 Å².